The minimum Gasteiger partial charge on any atom is -0.456 e. The molecule has 1 aromatic carbocycles. The molecule has 1 saturated heterocycles. The van der Waals surface area contributed by atoms with Crippen LogP contribution >= 0.6 is 0 Å². The van der Waals surface area contributed by atoms with Crippen molar-refractivity contribution in [3.8, 4) is 17.2 Å². The van der Waals surface area contributed by atoms with Gasteiger partial charge in [0.15, 0.2) is 35.3 Å². The van der Waals surface area contributed by atoms with Crippen LogP contribution in [0.25, 0.3) is 0 Å². The van der Waals surface area contributed by atoms with Gasteiger partial charge in [0, 0.05) is 46.6 Å². The summed E-state index contributed by atoms with van der Waals surface area (Å²) in [5, 5.41) is 0. The van der Waals surface area contributed by atoms with Gasteiger partial charge in [-0.1, -0.05) is 0 Å². The zero-order valence-corrected chi connectivity index (χ0v) is 22.9. The van der Waals surface area contributed by atoms with Crippen LogP contribution in [-0.2, 0) is 49.3 Å². The van der Waals surface area contributed by atoms with Gasteiger partial charge in [0.25, 0.3) is 5.79 Å². The Hall–Kier alpha value is -4.33. The van der Waals surface area contributed by atoms with Crippen LogP contribution in [-0.4, -0.2) is 72.1 Å². The molecule has 2 aliphatic rings. The number of ether oxygens (including phenoxy) is 7. The van der Waals surface area contributed by atoms with Crippen LogP contribution in [0.15, 0.2) is 0 Å². The summed E-state index contributed by atoms with van der Waals surface area (Å²) < 4.78 is 38.8. The third kappa shape index (κ3) is 5.96. The first kappa shape index (κ1) is 30.2. The predicted octanol–water partition coefficient (Wildman–Crippen LogP) is 1.40. The van der Waals surface area contributed by atoms with Crippen molar-refractivity contribution in [3.63, 3.8) is 0 Å². The third-order valence-electron chi connectivity index (χ3n) is 5.85. The van der Waals surface area contributed by atoms with Crippen LogP contribution in [0.1, 0.15) is 74.7 Å². The van der Waals surface area contributed by atoms with E-state index in [-0.39, 0.29) is 28.2 Å². The van der Waals surface area contributed by atoms with Crippen molar-refractivity contribution in [3.05, 3.63) is 16.7 Å². The third-order valence-corrected chi connectivity index (χ3v) is 5.85. The van der Waals surface area contributed by atoms with Gasteiger partial charge in [-0.15, -0.1) is 0 Å². The monoisotopic (exact) mass is 564 g/mol. The number of esters is 5. The van der Waals surface area contributed by atoms with Gasteiger partial charge < -0.3 is 33.2 Å². The van der Waals surface area contributed by atoms with E-state index in [9.17, 15) is 33.6 Å². The summed E-state index contributed by atoms with van der Waals surface area (Å²) in [6.45, 7) is 7.17. The summed E-state index contributed by atoms with van der Waals surface area (Å²) in [5.74, 6) is -8.77. The number of benzene rings is 1. The lowest BCUT2D eigenvalue weighted by molar-refractivity contribution is -0.307. The van der Waals surface area contributed by atoms with Crippen molar-refractivity contribution in [2.24, 2.45) is 0 Å². The number of hydrogen-bond acceptors (Lipinski definition) is 14. The highest BCUT2D eigenvalue weighted by atomic mass is 16.7. The second-order valence-electron chi connectivity index (χ2n) is 9.17. The molecule has 1 spiro atoms. The SMILES string of the molecule is CC(=O)Oc1c2c(c(C(C)=O)c(OC(C)=O)c1C(C)=O)O[C@@]1(C2)OC[C@@H](OC(C)=O)[C@@H](OC(C)=O)[C@H]1OC(C)=O. The Morgan fingerprint density at radius 3 is 1.68 bits per heavy atom. The first-order valence-corrected chi connectivity index (χ1v) is 12.0. The Bertz CT molecular complexity index is 1310. The van der Waals surface area contributed by atoms with E-state index < -0.39 is 84.3 Å². The predicted molar refractivity (Wildman–Crippen MR) is 129 cm³/mol. The molecule has 1 aromatic rings. The van der Waals surface area contributed by atoms with E-state index in [1.54, 1.807) is 0 Å². The Kier molecular flexibility index (Phi) is 8.63. The molecule has 0 aliphatic carbocycles. The lowest BCUT2D eigenvalue weighted by Gasteiger charge is -2.45. The molecule has 2 heterocycles. The smallest absolute Gasteiger partial charge is 0.308 e. The minimum atomic E-state index is -2.03. The van der Waals surface area contributed by atoms with Crippen LogP contribution in [0, 0.1) is 0 Å². The molecule has 0 radical (unpaired) electrons. The molecule has 0 unspecified atom stereocenters. The molecule has 0 N–H and O–H groups in total. The summed E-state index contributed by atoms with van der Waals surface area (Å²) in [6.07, 6.45) is -4.67. The van der Waals surface area contributed by atoms with Gasteiger partial charge in [-0.2, -0.15) is 0 Å². The average molecular weight is 564 g/mol. The zero-order chi connectivity index (χ0) is 30.1. The average Bonchev–Trinajstić information content (AvgIpc) is 3.16. The van der Waals surface area contributed by atoms with E-state index in [0.717, 1.165) is 48.5 Å². The van der Waals surface area contributed by atoms with Gasteiger partial charge in [-0.25, -0.2) is 0 Å². The zero-order valence-electron chi connectivity index (χ0n) is 22.9. The molecule has 0 aromatic heterocycles. The van der Waals surface area contributed by atoms with Gasteiger partial charge in [-0.3, -0.25) is 33.6 Å². The molecule has 0 saturated carbocycles. The highest BCUT2D eigenvalue weighted by Crippen LogP contribution is 2.53. The van der Waals surface area contributed by atoms with Gasteiger partial charge in [0.1, 0.15) is 16.9 Å². The van der Waals surface area contributed by atoms with E-state index in [1.807, 2.05) is 0 Å². The topological polar surface area (TPSA) is 184 Å². The molecular formula is C26H28O14. The first-order chi connectivity index (χ1) is 18.6. The van der Waals surface area contributed by atoms with E-state index >= 15 is 0 Å². The van der Waals surface area contributed by atoms with E-state index in [2.05, 4.69) is 0 Å². The fourth-order valence-electron chi connectivity index (χ4n) is 4.67. The second-order valence-corrected chi connectivity index (χ2v) is 9.17. The van der Waals surface area contributed by atoms with Gasteiger partial charge in [-0.05, 0) is 13.8 Å². The molecule has 14 nitrogen and oxygen atoms in total. The first-order valence-electron chi connectivity index (χ1n) is 12.0. The molecule has 216 valence electrons. The highest BCUT2D eigenvalue weighted by Gasteiger charge is 2.62. The molecule has 0 bridgehead atoms. The van der Waals surface area contributed by atoms with Crippen LogP contribution in [0.2, 0.25) is 0 Å². The van der Waals surface area contributed by atoms with Gasteiger partial charge >= 0.3 is 29.8 Å². The molecule has 0 amide bonds. The number of carbonyl (C=O) groups excluding carboxylic acids is 7. The number of Topliss-reactive ketones (excluding diaryl/α,β-unsaturated/α-hetero) is 2. The molecular weight excluding hydrogens is 536 g/mol. The Morgan fingerprint density at radius 2 is 1.20 bits per heavy atom. The maximum Gasteiger partial charge on any atom is 0.308 e. The number of fused-ring (bicyclic) bond motifs is 1. The normalized spacial score (nSPS) is 22.8. The highest BCUT2D eigenvalue weighted by molar-refractivity contribution is 6.09. The summed E-state index contributed by atoms with van der Waals surface area (Å²) in [5.41, 5.74) is -0.755. The summed E-state index contributed by atoms with van der Waals surface area (Å²) >= 11 is 0. The lowest BCUT2D eigenvalue weighted by atomic mass is 9.90. The maximum absolute atomic E-state index is 12.9. The molecule has 4 atom stereocenters. The van der Waals surface area contributed by atoms with Crippen LogP contribution in [0.4, 0.5) is 0 Å². The number of rotatable bonds is 7. The minimum absolute atomic E-state index is 0.0221. The van der Waals surface area contributed by atoms with Crippen molar-refractivity contribution in [2.45, 2.75) is 79.0 Å². The Morgan fingerprint density at radius 1 is 0.675 bits per heavy atom. The largest absolute Gasteiger partial charge is 0.456 e. The Labute approximate surface area is 228 Å². The standard InChI is InChI=1S/C26H28O14/c1-10(27)19-21(36-13(4)30)17-8-26(40-22(17)20(11(2)28)24(19)38-15(6)32)25(39-16(7)33)23(37-14(5)31)18(9-34-26)35-12(3)29/h18,23,25H,8-9H2,1-7H3/t18-,23-,25-,26-/m1/s1. The molecule has 40 heavy (non-hydrogen) atoms. The molecule has 2 aliphatic heterocycles. The summed E-state index contributed by atoms with van der Waals surface area (Å²) in [4.78, 5) is 85.7. The lowest BCUT2D eigenvalue weighted by Crippen LogP contribution is -2.66. The fraction of sp³-hybridized carbons (Fsp3) is 0.500. The number of carbonyl (C=O) groups is 7. The van der Waals surface area contributed by atoms with Crippen molar-refractivity contribution >= 4 is 41.4 Å². The maximum atomic E-state index is 12.9. The number of ketones is 2. The van der Waals surface area contributed by atoms with E-state index in [1.165, 1.54) is 0 Å². The number of hydrogen-bond donors (Lipinski definition) is 0. The van der Waals surface area contributed by atoms with Crippen LogP contribution in [0.3, 0.4) is 0 Å². The fourth-order valence-corrected chi connectivity index (χ4v) is 4.67. The van der Waals surface area contributed by atoms with Crippen molar-refractivity contribution in [2.75, 3.05) is 6.61 Å². The van der Waals surface area contributed by atoms with Crippen LogP contribution < -0.4 is 14.2 Å². The van der Waals surface area contributed by atoms with Gasteiger partial charge in [0.2, 0.25) is 6.10 Å². The van der Waals surface area contributed by atoms with E-state index in [4.69, 9.17) is 33.2 Å². The van der Waals surface area contributed by atoms with Crippen molar-refractivity contribution in [1.82, 2.24) is 0 Å². The van der Waals surface area contributed by atoms with Crippen molar-refractivity contribution in [1.29, 1.82) is 0 Å². The molecule has 3 rings (SSSR count). The Balaban J connectivity index is 2.33. The second kappa shape index (κ2) is 11.4. The van der Waals surface area contributed by atoms with E-state index in [0.29, 0.717) is 0 Å². The van der Waals surface area contributed by atoms with Crippen LogP contribution in [0.5, 0.6) is 17.2 Å². The quantitative estimate of drug-likeness (QED) is 0.200. The summed E-state index contributed by atoms with van der Waals surface area (Å²) in [6, 6.07) is 0. The molecule has 1 fully saturated rings. The summed E-state index contributed by atoms with van der Waals surface area (Å²) in [7, 11) is 0. The van der Waals surface area contributed by atoms with Crippen molar-refractivity contribution < 1.29 is 66.7 Å². The van der Waals surface area contributed by atoms with Gasteiger partial charge in [0.05, 0.1) is 6.61 Å². The molecule has 14 heteroatoms.